The third kappa shape index (κ3) is 3.32. The van der Waals surface area contributed by atoms with Crippen LogP contribution < -0.4 is 0 Å². The van der Waals surface area contributed by atoms with E-state index in [-0.39, 0.29) is 10.7 Å². The molecule has 0 radical (unpaired) electrons. The lowest BCUT2D eigenvalue weighted by atomic mass is 10.1. The van der Waals surface area contributed by atoms with E-state index in [2.05, 4.69) is 11.9 Å². The summed E-state index contributed by atoms with van der Waals surface area (Å²) in [5.74, 6) is -0.510. The minimum Gasteiger partial charge on any atom is -0.319 e. The van der Waals surface area contributed by atoms with Crippen LogP contribution in [0.15, 0.2) is 29.4 Å². The number of imidazole rings is 1. The van der Waals surface area contributed by atoms with Crippen LogP contribution in [0.5, 0.6) is 0 Å². The fraction of sp³-hybridized carbons (Fsp3) is 0.471. The zero-order chi connectivity index (χ0) is 17.2. The van der Waals surface area contributed by atoms with Crippen molar-refractivity contribution in [2.75, 3.05) is 0 Å². The molecule has 0 aliphatic carbocycles. The number of hydrogen-bond donors (Lipinski definition) is 0. The van der Waals surface area contributed by atoms with Crippen LogP contribution in [0, 0.1) is 19.7 Å². The van der Waals surface area contributed by atoms with Crippen LogP contribution in [-0.2, 0) is 16.4 Å². The van der Waals surface area contributed by atoms with Crippen molar-refractivity contribution >= 4 is 9.84 Å². The molecule has 0 unspecified atom stereocenters. The lowest BCUT2D eigenvalue weighted by molar-refractivity contribution is 0.530. The van der Waals surface area contributed by atoms with Crippen LogP contribution in [0.1, 0.15) is 48.9 Å². The van der Waals surface area contributed by atoms with Crippen LogP contribution in [0.3, 0.4) is 0 Å². The molecule has 0 aliphatic heterocycles. The first-order valence-corrected chi connectivity index (χ1v) is 9.37. The van der Waals surface area contributed by atoms with Gasteiger partial charge in [0, 0.05) is 17.8 Å². The number of rotatable bonds is 6. The van der Waals surface area contributed by atoms with Gasteiger partial charge in [-0.15, -0.1) is 0 Å². The largest absolute Gasteiger partial charge is 0.319 e. The molecule has 0 aliphatic rings. The molecule has 0 amide bonds. The number of halogens is 1. The first kappa shape index (κ1) is 17.7. The maximum Gasteiger partial charge on any atom is 0.228 e. The van der Waals surface area contributed by atoms with E-state index in [1.807, 2.05) is 6.92 Å². The number of benzene rings is 1. The fourth-order valence-corrected chi connectivity index (χ4v) is 4.19. The SMILES string of the molecule is CCCCn1c(S(=O)(=O)[C@@H](C)c2ccccc2F)nc(C)c1C. The third-order valence-corrected chi connectivity index (χ3v) is 6.23. The molecule has 0 N–H and O–H groups in total. The minimum absolute atomic E-state index is 0.0386. The highest BCUT2D eigenvalue weighted by Gasteiger charge is 2.32. The summed E-state index contributed by atoms with van der Waals surface area (Å²) < 4.78 is 41.7. The normalized spacial score (nSPS) is 13.3. The average molecular weight is 338 g/mol. The topological polar surface area (TPSA) is 52.0 Å². The van der Waals surface area contributed by atoms with Crippen LogP contribution in [0.4, 0.5) is 4.39 Å². The molecule has 1 atom stereocenters. The predicted octanol–water partition coefficient (Wildman–Crippen LogP) is 3.97. The van der Waals surface area contributed by atoms with Gasteiger partial charge >= 0.3 is 0 Å². The number of nitrogens with zero attached hydrogens (tertiary/aromatic N) is 2. The molecule has 1 heterocycles. The lowest BCUT2D eigenvalue weighted by Gasteiger charge is -2.15. The van der Waals surface area contributed by atoms with Crippen molar-refractivity contribution in [1.82, 2.24) is 9.55 Å². The Kier molecular flexibility index (Phi) is 5.24. The van der Waals surface area contributed by atoms with Crippen molar-refractivity contribution < 1.29 is 12.8 Å². The first-order valence-electron chi connectivity index (χ1n) is 7.82. The second-order valence-corrected chi connectivity index (χ2v) is 7.94. The van der Waals surface area contributed by atoms with E-state index in [0.717, 1.165) is 18.5 Å². The third-order valence-electron chi connectivity index (χ3n) is 4.22. The molecule has 2 rings (SSSR count). The Hall–Kier alpha value is -1.69. The molecule has 0 spiro atoms. The maximum atomic E-state index is 14.0. The Morgan fingerprint density at radius 3 is 2.52 bits per heavy atom. The van der Waals surface area contributed by atoms with Gasteiger partial charge in [0.25, 0.3) is 0 Å². The van der Waals surface area contributed by atoms with E-state index in [1.165, 1.54) is 19.1 Å². The molecule has 2 aromatic rings. The minimum atomic E-state index is -3.77. The van der Waals surface area contributed by atoms with Crippen molar-refractivity contribution in [1.29, 1.82) is 0 Å². The lowest BCUT2D eigenvalue weighted by Crippen LogP contribution is -2.18. The van der Waals surface area contributed by atoms with Crippen molar-refractivity contribution in [2.45, 2.75) is 57.5 Å². The molecule has 0 saturated carbocycles. The summed E-state index contributed by atoms with van der Waals surface area (Å²) in [6.07, 6.45) is 1.83. The van der Waals surface area contributed by atoms with E-state index < -0.39 is 20.9 Å². The molecule has 0 saturated heterocycles. The Balaban J connectivity index is 2.52. The van der Waals surface area contributed by atoms with Crippen molar-refractivity contribution in [3.05, 3.63) is 47.0 Å². The van der Waals surface area contributed by atoms with Gasteiger partial charge in [-0.05, 0) is 33.3 Å². The molecule has 1 aromatic carbocycles. The predicted molar refractivity (Wildman–Crippen MR) is 88.6 cm³/mol. The van der Waals surface area contributed by atoms with Gasteiger partial charge in [0.05, 0.1) is 10.9 Å². The number of sulfone groups is 1. The molecule has 0 bridgehead atoms. The zero-order valence-electron chi connectivity index (χ0n) is 14.0. The van der Waals surface area contributed by atoms with E-state index in [0.29, 0.717) is 12.2 Å². The maximum absolute atomic E-state index is 14.0. The molecular weight excluding hydrogens is 315 g/mol. The number of unbranched alkanes of at least 4 members (excludes halogenated alkanes) is 1. The van der Waals surface area contributed by atoms with E-state index >= 15 is 0 Å². The Labute approximate surface area is 137 Å². The molecule has 4 nitrogen and oxygen atoms in total. The second kappa shape index (κ2) is 6.83. The first-order chi connectivity index (χ1) is 10.8. The summed E-state index contributed by atoms with van der Waals surface area (Å²) in [6, 6.07) is 5.98. The highest BCUT2D eigenvalue weighted by atomic mass is 32.2. The smallest absolute Gasteiger partial charge is 0.228 e. The molecule has 126 valence electrons. The summed E-state index contributed by atoms with van der Waals surface area (Å²) in [5, 5.41) is -0.943. The molecule has 1 aromatic heterocycles. The van der Waals surface area contributed by atoms with Gasteiger partial charge in [0.1, 0.15) is 5.82 Å². The van der Waals surface area contributed by atoms with Gasteiger partial charge in [-0.25, -0.2) is 17.8 Å². The van der Waals surface area contributed by atoms with E-state index in [4.69, 9.17) is 0 Å². The average Bonchev–Trinajstić information content (AvgIpc) is 2.81. The molecule has 23 heavy (non-hydrogen) atoms. The molecule has 6 heteroatoms. The highest BCUT2D eigenvalue weighted by molar-refractivity contribution is 7.91. The quantitative estimate of drug-likeness (QED) is 0.801. The second-order valence-electron chi connectivity index (χ2n) is 5.78. The van der Waals surface area contributed by atoms with Gasteiger partial charge in [0.2, 0.25) is 15.0 Å². The zero-order valence-corrected chi connectivity index (χ0v) is 14.8. The molecule has 0 fully saturated rings. The van der Waals surface area contributed by atoms with E-state index in [1.54, 1.807) is 23.6 Å². The summed E-state index contributed by atoms with van der Waals surface area (Å²) in [7, 11) is -3.77. The monoisotopic (exact) mass is 338 g/mol. The van der Waals surface area contributed by atoms with Crippen LogP contribution >= 0.6 is 0 Å². The summed E-state index contributed by atoms with van der Waals surface area (Å²) in [6.45, 7) is 7.82. The summed E-state index contributed by atoms with van der Waals surface area (Å²) in [4.78, 5) is 4.26. The summed E-state index contributed by atoms with van der Waals surface area (Å²) >= 11 is 0. The van der Waals surface area contributed by atoms with Gasteiger partial charge in [-0.1, -0.05) is 31.5 Å². The van der Waals surface area contributed by atoms with Crippen molar-refractivity contribution in [3.8, 4) is 0 Å². The van der Waals surface area contributed by atoms with Gasteiger partial charge < -0.3 is 4.57 Å². The number of aryl methyl sites for hydroxylation is 1. The van der Waals surface area contributed by atoms with E-state index in [9.17, 15) is 12.8 Å². The Morgan fingerprint density at radius 1 is 1.26 bits per heavy atom. The Bertz CT molecular complexity index is 797. The Morgan fingerprint density at radius 2 is 1.91 bits per heavy atom. The van der Waals surface area contributed by atoms with Gasteiger partial charge in [-0.2, -0.15) is 0 Å². The van der Waals surface area contributed by atoms with Gasteiger partial charge in [-0.3, -0.25) is 0 Å². The fourth-order valence-electron chi connectivity index (χ4n) is 2.55. The van der Waals surface area contributed by atoms with Crippen LogP contribution in [-0.4, -0.2) is 18.0 Å². The van der Waals surface area contributed by atoms with Gasteiger partial charge in [0.15, 0.2) is 0 Å². The summed E-state index contributed by atoms with van der Waals surface area (Å²) in [5.41, 5.74) is 1.71. The van der Waals surface area contributed by atoms with Crippen LogP contribution in [0.25, 0.3) is 0 Å². The van der Waals surface area contributed by atoms with Crippen molar-refractivity contribution in [2.24, 2.45) is 0 Å². The van der Waals surface area contributed by atoms with Crippen LogP contribution in [0.2, 0.25) is 0 Å². The molecular formula is C17H23FN2O2S. The standard InChI is InChI=1S/C17H23FN2O2S/c1-5-6-11-20-13(3)12(2)19-17(20)23(21,22)14(4)15-9-7-8-10-16(15)18/h7-10,14H,5-6,11H2,1-4H3/t14-/m0/s1. The highest BCUT2D eigenvalue weighted by Crippen LogP contribution is 2.30. The van der Waals surface area contributed by atoms with Crippen molar-refractivity contribution in [3.63, 3.8) is 0 Å². The number of aromatic nitrogens is 2. The number of hydrogen-bond acceptors (Lipinski definition) is 3.